The summed E-state index contributed by atoms with van der Waals surface area (Å²) in [4.78, 5) is 46.6. The fourth-order valence-corrected chi connectivity index (χ4v) is 6.34. The number of benzene rings is 4. The summed E-state index contributed by atoms with van der Waals surface area (Å²) in [5.41, 5.74) is -5.00. The number of rotatable bonds is 15. The summed E-state index contributed by atoms with van der Waals surface area (Å²) in [6.07, 6.45) is -0.655. The number of hydrogen-bond donors (Lipinski definition) is 2. The van der Waals surface area contributed by atoms with Gasteiger partial charge in [0, 0.05) is 11.3 Å². The standard InChI is InChI=1S/C35H35F2O9PS/c1-2-48(43,44)25-30-15-13-26(14-16-30)21-34(32(38)45-23-28-9-5-3-6-10-28,33(39)46-24-29-11-7-4-8-12-29)22-27-17-19-31(20-18-27)35(36,37)47(40,41)42/h3-20H,2,21-25H2,1H3,(H2,40,41,42). The molecule has 0 aliphatic carbocycles. The molecule has 0 fully saturated rings. The number of halogens is 2. The lowest BCUT2D eigenvalue weighted by Gasteiger charge is -2.30. The summed E-state index contributed by atoms with van der Waals surface area (Å²) >= 11 is 0. The van der Waals surface area contributed by atoms with Crippen LogP contribution in [0.15, 0.2) is 109 Å². The lowest BCUT2D eigenvalue weighted by atomic mass is 9.76. The van der Waals surface area contributed by atoms with Gasteiger partial charge in [0.25, 0.3) is 0 Å². The van der Waals surface area contributed by atoms with Crippen LogP contribution in [0.3, 0.4) is 0 Å². The van der Waals surface area contributed by atoms with Crippen LogP contribution in [0.2, 0.25) is 0 Å². The number of carbonyl (C=O) groups is 2. The van der Waals surface area contributed by atoms with Gasteiger partial charge in [-0.1, -0.05) is 116 Å². The van der Waals surface area contributed by atoms with Gasteiger partial charge in [-0.3, -0.25) is 14.2 Å². The molecule has 0 aliphatic rings. The molecule has 4 aromatic rings. The van der Waals surface area contributed by atoms with E-state index < -0.39 is 46.0 Å². The third-order valence-corrected chi connectivity index (χ3v) is 10.4. The maximum absolute atomic E-state index is 14.4. The van der Waals surface area contributed by atoms with Crippen molar-refractivity contribution >= 4 is 29.4 Å². The molecule has 0 aromatic heterocycles. The molecule has 0 bridgehead atoms. The summed E-state index contributed by atoms with van der Waals surface area (Å²) in [6.45, 7) is 1.17. The topological polar surface area (TPSA) is 144 Å². The van der Waals surface area contributed by atoms with Crippen LogP contribution >= 0.6 is 7.60 Å². The Morgan fingerprint density at radius 2 is 1.06 bits per heavy atom. The average Bonchev–Trinajstić information content (AvgIpc) is 3.07. The zero-order valence-electron chi connectivity index (χ0n) is 26.0. The predicted molar refractivity (Wildman–Crippen MR) is 174 cm³/mol. The maximum atomic E-state index is 14.4. The number of alkyl halides is 2. The third kappa shape index (κ3) is 9.23. The molecule has 254 valence electrons. The quantitative estimate of drug-likeness (QED) is 0.0853. The van der Waals surface area contributed by atoms with Gasteiger partial charge < -0.3 is 19.3 Å². The minimum absolute atomic E-state index is 0.0444. The number of ether oxygens (including phenoxy) is 2. The minimum atomic E-state index is -5.84. The Morgan fingerprint density at radius 1 is 0.667 bits per heavy atom. The highest BCUT2D eigenvalue weighted by Gasteiger charge is 2.51. The Balaban J connectivity index is 1.75. The van der Waals surface area contributed by atoms with Gasteiger partial charge in [-0.05, 0) is 40.7 Å². The summed E-state index contributed by atoms with van der Waals surface area (Å²) in [5.74, 6) is -2.14. The van der Waals surface area contributed by atoms with E-state index in [0.29, 0.717) is 22.3 Å². The first-order valence-corrected chi connectivity index (χ1v) is 18.3. The fourth-order valence-electron chi connectivity index (χ4n) is 4.95. The molecule has 0 atom stereocenters. The molecule has 2 N–H and O–H groups in total. The van der Waals surface area contributed by atoms with Crippen LogP contribution in [0.5, 0.6) is 0 Å². The lowest BCUT2D eigenvalue weighted by Crippen LogP contribution is -2.45. The Bertz CT molecular complexity index is 1790. The van der Waals surface area contributed by atoms with Gasteiger partial charge in [0.1, 0.15) is 13.2 Å². The number of hydrogen-bond acceptors (Lipinski definition) is 7. The van der Waals surface area contributed by atoms with E-state index in [1.54, 1.807) is 91.9 Å². The molecule has 0 unspecified atom stereocenters. The Labute approximate surface area is 277 Å². The lowest BCUT2D eigenvalue weighted by molar-refractivity contribution is -0.174. The van der Waals surface area contributed by atoms with E-state index in [-0.39, 0.29) is 43.1 Å². The minimum Gasteiger partial charge on any atom is -0.460 e. The van der Waals surface area contributed by atoms with Gasteiger partial charge in [-0.15, -0.1) is 0 Å². The second-order valence-corrected chi connectivity index (χ2v) is 15.3. The molecule has 4 rings (SSSR count). The molecule has 4 aromatic carbocycles. The van der Waals surface area contributed by atoms with Crippen LogP contribution in [-0.2, 0) is 70.9 Å². The molecule has 0 heterocycles. The van der Waals surface area contributed by atoms with Crippen molar-refractivity contribution in [2.45, 2.75) is 44.4 Å². The van der Waals surface area contributed by atoms with E-state index >= 15 is 0 Å². The molecule has 48 heavy (non-hydrogen) atoms. The second-order valence-electron chi connectivity index (χ2n) is 11.3. The van der Waals surface area contributed by atoms with E-state index in [1.165, 1.54) is 0 Å². The first kappa shape index (κ1) is 36.6. The Morgan fingerprint density at radius 3 is 1.46 bits per heavy atom. The van der Waals surface area contributed by atoms with Crippen molar-refractivity contribution in [2.24, 2.45) is 5.41 Å². The van der Waals surface area contributed by atoms with Crippen molar-refractivity contribution in [3.63, 3.8) is 0 Å². The molecule has 0 saturated carbocycles. The number of carbonyl (C=O) groups excluding carboxylic acids is 2. The predicted octanol–water partition coefficient (Wildman–Crippen LogP) is 6.11. The van der Waals surface area contributed by atoms with E-state index in [4.69, 9.17) is 9.47 Å². The van der Waals surface area contributed by atoms with Gasteiger partial charge in [-0.25, -0.2) is 8.42 Å². The largest absolute Gasteiger partial charge is 0.460 e. The molecular weight excluding hydrogens is 665 g/mol. The molecule has 0 saturated heterocycles. The molecule has 9 nitrogen and oxygen atoms in total. The molecule has 0 spiro atoms. The highest BCUT2D eigenvalue weighted by atomic mass is 32.2. The van der Waals surface area contributed by atoms with Crippen molar-refractivity contribution < 1.29 is 50.6 Å². The van der Waals surface area contributed by atoms with Crippen LogP contribution < -0.4 is 0 Å². The number of sulfone groups is 1. The van der Waals surface area contributed by atoms with E-state index in [1.807, 2.05) is 0 Å². The van der Waals surface area contributed by atoms with Crippen LogP contribution in [0, 0.1) is 5.41 Å². The van der Waals surface area contributed by atoms with E-state index in [9.17, 15) is 41.1 Å². The van der Waals surface area contributed by atoms with Crippen LogP contribution in [0.25, 0.3) is 0 Å². The van der Waals surface area contributed by atoms with Crippen LogP contribution in [0.4, 0.5) is 8.78 Å². The summed E-state index contributed by atoms with van der Waals surface area (Å²) < 4.78 is 76.0. The smallest absolute Gasteiger partial charge is 0.399 e. The first-order valence-electron chi connectivity index (χ1n) is 14.9. The Kier molecular flexibility index (Phi) is 11.7. The van der Waals surface area contributed by atoms with Crippen LogP contribution in [0.1, 0.15) is 40.3 Å². The average molecular weight is 701 g/mol. The summed E-state index contributed by atoms with van der Waals surface area (Å²) in [7, 11) is -9.17. The van der Waals surface area contributed by atoms with Crippen molar-refractivity contribution in [2.75, 3.05) is 5.75 Å². The Hall–Kier alpha value is -4.22. The van der Waals surface area contributed by atoms with E-state index in [0.717, 1.165) is 24.3 Å². The molecule has 0 aliphatic heterocycles. The normalized spacial score (nSPS) is 12.4. The zero-order chi connectivity index (χ0) is 35.0. The molecule has 0 amide bonds. The van der Waals surface area contributed by atoms with Gasteiger partial charge in [0.05, 0.1) is 5.75 Å². The zero-order valence-corrected chi connectivity index (χ0v) is 27.7. The van der Waals surface area contributed by atoms with E-state index in [2.05, 4.69) is 0 Å². The molecule has 13 heteroatoms. The fraction of sp³-hybridized carbons (Fsp3) is 0.257. The summed E-state index contributed by atoms with van der Waals surface area (Å²) in [5, 5.41) is 0. The molecule has 0 radical (unpaired) electrons. The summed E-state index contributed by atoms with van der Waals surface area (Å²) in [6, 6.07) is 27.8. The highest BCUT2D eigenvalue weighted by molar-refractivity contribution is 7.90. The number of esters is 2. The third-order valence-electron chi connectivity index (χ3n) is 7.74. The van der Waals surface area contributed by atoms with Crippen molar-refractivity contribution in [3.05, 3.63) is 143 Å². The van der Waals surface area contributed by atoms with Gasteiger partial charge >= 0.3 is 25.2 Å². The van der Waals surface area contributed by atoms with Gasteiger partial charge in [0.15, 0.2) is 15.3 Å². The van der Waals surface area contributed by atoms with Crippen molar-refractivity contribution in [3.8, 4) is 0 Å². The van der Waals surface area contributed by atoms with Crippen molar-refractivity contribution in [1.82, 2.24) is 0 Å². The SMILES string of the molecule is CCS(=O)(=O)Cc1ccc(CC(Cc2ccc(C(F)(F)P(=O)(O)O)cc2)(C(=O)OCc2ccccc2)C(=O)OCc2ccccc2)cc1. The van der Waals surface area contributed by atoms with Crippen molar-refractivity contribution in [1.29, 1.82) is 0 Å². The first-order chi connectivity index (χ1) is 22.6. The van der Waals surface area contributed by atoms with Crippen LogP contribution in [-0.4, -0.2) is 35.9 Å². The monoisotopic (exact) mass is 700 g/mol. The second kappa shape index (κ2) is 15.3. The maximum Gasteiger partial charge on any atom is 0.399 e. The molecular formula is C35H35F2O9PS. The van der Waals surface area contributed by atoms with Gasteiger partial charge in [-0.2, -0.15) is 8.78 Å². The van der Waals surface area contributed by atoms with Gasteiger partial charge in [0.2, 0.25) is 0 Å². The highest BCUT2D eigenvalue weighted by Crippen LogP contribution is 2.59.